The lowest BCUT2D eigenvalue weighted by Crippen LogP contribution is -2.52. The number of hydrogen-bond donors (Lipinski definition) is 1. The highest BCUT2D eigenvalue weighted by atomic mass is 16.5. The SMILES string of the molecule is CCC1CC(C#N)(NCC2CCCO2)CCO1. The zero-order valence-electron chi connectivity index (χ0n) is 10.6. The molecule has 17 heavy (non-hydrogen) atoms. The summed E-state index contributed by atoms with van der Waals surface area (Å²) < 4.78 is 11.2. The van der Waals surface area contributed by atoms with Crippen LogP contribution in [-0.2, 0) is 9.47 Å². The summed E-state index contributed by atoms with van der Waals surface area (Å²) in [6, 6.07) is 2.46. The molecule has 1 N–H and O–H groups in total. The first-order chi connectivity index (χ1) is 8.28. The second kappa shape index (κ2) is 5.81. The van der Waals surface area contributed by atoms with Gasteiger partial charge in [0.15, 0.2) is 0 Å². The van der Waals surface area contributed by atoms with Crippen LogP contribution in [-0.4, -0.2) is 37.5 Å². The van der Waals surface area contributed by atoms with Crippen LogP contribution in [0.5, 0.6) is 0 Å². The van der Waals surface area contributed by atoms with E-state index in [9.17, 15) is 5.26 Å². The smallest absolute Gasteiger partial charge is 0.111 e. The highest BCUT2D eigenvalue weighted by Gasteiger charge is 2.37. The molecule has 0 aromatic rings. The molecule has 4 heteroatoms. The average Bonchev–Trinajstić information content (AvgIpc) is 2.90. The highest BCUT2D eigenvalue weighted by Crippen LogP contribution is 2.26. The van der Waals surface area contributed by atoms with E-state index in [0.717, 1.165) is 45.3 Å². The molecule has 0 spiro atoms. The van der Waals surface area contributed by atoms with E-state index >= 15 is 0 Å². The Balaban J connectivity index is 1.87. The molecule has 2 fully saturated rings. The summed E-state index contributed by atoms with van der Waals surface area (Å²) in [5.74, 6) is 0. The molecule has 0 aromatic carbocycles. The lowest BCUT2D eigenvalue weighted by atomic mass is 9.87. The second-order valence-electron chi connectivity index (χ2n) is 5.07. The molecule has 0 amide bonds. The van der Waals surface area contributed by atoms with Gasteiger partial charge >= 0.3 is 0 Å². The third-order valence-electron chi connectivity index (χ3n) is 3.82. The van der Waals surface area contributed by atoms with Crippen molar-refractivity contribution in [3.8, 4) is 6.07 Å². The Morgan fingerprint density at radius 3 is 2.82 bits per heavy atom. The summed E-state index contributed by atoms with van der Waals surface area (Å²) >= 11 is 0. The Morgan fingerprint density at radius 1 is 1.35 bits per heavy atom. The first-order valence-corrected chi connectivity index (χ1v) is 6.67. The van der Waals surface area contributed by atoms with Crippen molar-refractivity contribution in [3.63, 3.8) is 0 Å². The van der Waals surface area contributed by atoms with Gasteiger partial charge in [-0.15, -0.1) is 0 Å². The molecule has 2 rings (SSSR count). The van der Waals surface area contributed by atoms with E-state index in [1.807, 2.05) is 0 Å². The van der Waals surface area contributed by atoms with Gasteiger partial charge in [0.05, 0.1) is 18.3 Å². The van der Waals surface area contributed by atoms with Gasteiger partial charge in [-0.2, -0.15) is 5.26 Å². The van der Waals surface area contributed by atoms with E-state index in [2.05, 4.69) is 18.3 Å². The van der Waals surface area contributed by atoms with Crippen LogP contribution in [0.1, 0.15) is 39.0 Å². The molecule has 2 aliphatic rings. The Kier molecular flexibility index (Phi) is 4.38. The third-order valence-corrected chi connectivity index (χ3v) is 3.82. The van der Waals surface area contributed by atoms with E-state index in [-0.39, 0.29) is 6.10 Å². The fourth-order valence-electron chi connectivity index (χ4n) is 2.63. The van der Waals surface area contributed by atoms with Crippen molar-refractivity contribution in [2.24, 2.45) is 0 Å². The van der Waals surface area contributed by atoms with Crippen molar-refractivity contribution >= 4 is 0 Å². The molecule has 0 saturated carbocycles. The van der Waals surface area contributed by atoms with Gasteiger partial charge in [0.1, 0.15) is 5.54 Å². The van der Waals surface area contributed by atoms with Crippen molar-refractivity contribution < 1.29 is 9.47 Å². The normalized spacial score (nSPS) is 37.9. The molecule has 2 heterocycles. The predicted molar refractivity (Wildman–Crippen MR) is 64.6 cm³/mol. The fraction of sp³-hybridized carbons (Fsp3) is 0.923. The molecule has 0 aliphatic carbocycles. The molecule has 4 nitrogen and oxygen atoms in total. The summed E-state index contributed by atoms with van der Waals surface area (Å²) in [5.41, 5.74) is -0.398. The van der Waals surface area contributed by atoms with Gasteiger partial charge in [0, 0.05) is 32.6 Å². The zero-order valence-corrected chi connectivity index (χ0v) is 10.6. The molecule has 2 aliphatic heterocycles. The number of rotatable bonds is 4. The molecule has 2 saturated heterocycles. The fourth-order valence-corrected chi connectivity index (χ4v) is 2.63. The van der Waals surface area contributed by atoms with Crippen LogP contribution in [0, 0.1) is 11.3 Å². The topological polar surface area (TPSA) is 54.3 Å². The van der Waals surface area contributed by atoms with Crippen LogP contribution < -0.4 is 5.32 Å². The van der Waals surface area contributed by atoms with Crippen molar-refractivity contribution in [3.05, 3.63) is 0 Å². The third kappa shape index (κ3) is 3.19. The molecule has 3 atom stereocenters. The zero-order chi connectivity index (χ0) is 12.1. The number of nitrogens with zero attached hydrogens (tertiary/aromatic N) is 1. The quantitative estimate of drug-likeness (QED) is 0.808. The van der Waals surface area contributed by atoms with Gasteiger partial charge in [-0.1, -0.05) is 6.92 Å². The van der Waals surface area contributed by atoms with Crippen LogP contribution in [0.2, 0.25) is 0 Å². The first-order valence-electron chi connectivity index (χ1n) is 6.67. The molecule has 0 radical (unpaired) electrons. The Bertz CT molecular complexity index is 284. The Labute approximate surface area is 103 Å². The summed E-state index contributed by atoms with van der Waals surface area (Å²) in [7, 11) is 0. The van der Waals surface area contributed by atoms with E-state index in [1.54, 1.807) is 0 Å². The largest absolute Gasteiger partial charge is 0.378 e. The molecule has 96 valence electrons. The number of hydrogen-bond acceptors (Lipinski definition) is 4. The van der Waals surface area contributed by atoms with Crippen LogP contribution in [0.15, 0.2) is 0 Å². The highest BCUT2D eigenvalue weighted by molar-refractivity contribution is 5.10. The second-order valence-corrected chi connectivity index (χ2v) is 5.07. The monoisotopic (exact) mass is 238 g/mol. The minimum absolute atomic E-state index is 0.223. The van der Waals surface area contributed by atoms with Crippen molar-refractivity contribution in [2.45, 2.75) is 56.8 Å². The maximum Gasteiger partial charge on any atom is 0.111 e. The summed E-state index contributed by atoms with van der Waals surface area (Å²) in [6.45, 7) is 4.46. The van der Waals surface area contributed by atoms with Gasteiger partial charge in [0.25, 0.3) is 0 Å². The summed E-state index contributed by atoms with van der Waals surface area (Å²) in [4.78, 5) is 0. The first kappa shape index (κ1) is 12.8. The Morgan fingerprint density at radius 2 is 2.18 bits per heavy atom. The average molecular weight is 238 g/mol. The lowest BCUT2D eigenvalue weighted by Gasteiger charge is -2.36. The summed E-state index contributed by atoms with van der Waals surface area (Å²) in [5, 5.41) is 12.8. The van der Waals surface area contributed by atoms with Crippen molar-refractivity contribution in [1.82, 2.24) is 5.32 Å². The minimum atomic E-state index is -0.398. The van der Waals surface area contributed by atoms with Crippen molar-refractivity contribution in [1.29, 1.82) is 5.26 Å². The van der Waals surface area contributed by atoms with E-state index in [0.29, 0.717) is 12.7 Å². The summed E-state index contributed by atoms with van der Waals surface area (Å²) in [6.07, 6.45) is 5.34. The standard InChI is InChI=1S/C13H22N2O2/c1-2-11-8-13(10-14,5-7-17-11)15-9-12-4-3-6-16-12/h11-12,15H,2-9H2,1H3. The predicted octanol–water partition coefficient (Wildman–Crippen LogP) is 1.61. The molecule has 0 aromatic heterocycles. The van der Waals surface area contributed by atoms with E-state index in [4.69, 9.17) is 9.47 Å². The van der Waals surface area contributed by atoms with E-state index < -0.39 is 5.54 Å². The lowest BCUT2D eigenvalue weighted by molar-refractivity contribution is -0.0188. The van der Waals surface area contributed by atoms with Crippen LogP contribution in [0.4, 0.5) is 0 Å². The molecular weight excluding hydrogens is 216 g/mol. The molecule has 3 unspecified atom stereocenters. The number of nitriles is 1. The maximum atomic E-state index is 9.42. The number of ether oxygens (including phenoxy) is 2. The van der Waals surface area contributed by atoms with Gasteiger partial charge in [-0.25, -0.2) is 0 Å². The van der Waals surface area contributed by atoms with Gasteiger partial charge in [-0.3, -0.25) is 5.32 Å². The van der Waals surface area contributed by atoms with Crippen LogP contribution in [0.25, 0.3) is 0 Å². The maximum absolute atomic E-state index is 9.42. The van der Waals surface area contributed by atoms with Crippen LogP contribution in [0.3, 0.4) is 0 Å². The molecule has 0 bridgehead atoms. The van der Waals surface area contributed by atoms with Gasteiger partial charge < -0.3 is 9.47 Å². The van der Waals surface area contributed by atoms with Gasteiger partial charge in [-0.05, 0) is 19.3 Å². The van der Waals surface area contributed by atoms with Gasteiger partial charge in [0.2, 0.25) is 0 Å². The minimum Gasteiger partial charge on any atom is -0.378 e. The van der Waals surface area contributed by atoms with E-state index in [1.165, 1.54) is 0 Å². The Hall–Kier alpha value is -0.630. The van der Waals surface area contributed by atoms with Crippen LogP contribution >= 0.6 is 0 Å². The molecular formula is C13H22N2O2. The number of nitrogens with one attached hydrogen (secondary N) is 1. The van der Waals surface area contributed by atoms with Crippen molar-refractivity contribution in [2.75, 3.05) is 19.8 Å².